The highest BCUT2D eigenvalue weighted by atomic mass is 35.5. The van der Waals surface area contributed by atoms with Crippen LogP contribution in [0.15, 0.2) is 65.8 Å². The van der Waals surface area contributed by atoms with Crippen LogP contribution in [0.2, 0.25) is 0 Å². The summed E-state index contributed by atoms with van der Waals surface area (Å²) in [5, 5.41) is 0. The molecule has 0 aliphatic rings. The quantitative estimate of drug-likeness (QED) is 0.217. The number of halogens is 4. The third-order valence-corrected chi connectivity index (χ3v) is 7.52. The molecule has 0 saturated carbocycles. The fourth-order valence-electron chi connectivity index (χ4n) is 3.36. The molecule has 0 unspecified atom stereocenters. The zero-order chi connectivity index (χ0) is 23.8. The van der Waals surface area contributed by atoms with Crippen molar-refractivity contribution < 1.29 is 0 Å². The summed E-state index contributed by atoms with van der Waals surface area (Å²) in [5.74, 6) is 0. The molecule has 1 aromatic heterocycles. The summed E-state index contributed by atoms with van der Waals surface area (Å²) in [6.45, 7) is 4.22. The average molecular weight is 515 g/mol. The van der Waals surface area contributed by atoms with Gasteiger partial charge in [0.15, 0.2) is 14.1 Å². The van der Waals surface area contributed by atoms with E-state index in [1.165, 1.54) is 0 Å². The van der Waals surface area contributed by atoms with Gasteiger partial charge < -0.3 is 4.57 Å². The molecule has 6 heteroatoms. The number of aryl methyl sites for hydroxylation is 1. The van der Waals surface area contributed by atoms with E-state index in [-0.39, 0.29) is 5.43 Å². The van der Waals surface area contributed by atoms with Crippen LogP contribution >= 0.6 is 46.4 Å². The molecule has 0 fully saturated rings. The van der Waals surface area contributed by atoms with Crippen molar-refractivity contribution in [1.29, 1.82) is 0 Å². The predicted molar refractivity (Wildman–Crippen MR) is 141 cm³/mol. The second-order valence-electron chi connectivity index (χ2n) is 7.98. The fourth-order valence-corrected chi connectivity index (χ4v) is 4.15. The number of alkyl halides is 4. The Morgan fingerprint density at radius 1 is 0.938 bits per heavy atom. The van der Waals surface area contributed by atoms with E-state index >= 15 is 0 Å². The van der Waals surface area contributed by atoms with Gasteiger partial charge in [-0.05, 0) is 36.5 Å². The smallest absolute Gasteiger partial charge is 0.192 e. The Labute approximate surface area is 211 Å². The van der Waals surface area contributed by atoms with Crippen molar-refractivity contribution in [2.45, 2.75) is 61.0 Å². The first-order valence-electron chi connectivity index (χ1n) is 11.0. The number of allylic oxidation sites excluding steroid dienone is 4. The average Bonchev–Trinajstić information content (AvgIpc) is 2.76. The number of benzene rings is 1. The number of unbranched alkanes of at least 4 members (excludes halogenated alkanes) is 2. The van der Waals surface area contributed by atoms with E-state index in [1.54, 1.807) is 12.1 Å². The van der Waals surface area contributed by atoms with Gasteiger partial charge in [-0.25, -0.2) is 0 Å². The van der Waals surface area contributed by atoms with Gasteiger partial charge in [0.25, 0.3) is 0 Å². The number of rotatable bonds is 11. The topological polar surface area (TPSA) is 22.0 Å². The van der Waals surface area contributed by atoms with Crippen molar-refractivity contribution in [2.75, 3.05) is 0 Å². The van der Waals surface area contributed by atoms with E-state index in [0.717, 1.165) is 36.8 Å². The third-order valence-electron chi connectivity index (χ3n) is 5.18. The van der Waals surface area contributed by atoms with Crippen molar-refractivity contribution in [3.05, 3.63) is 82.3 Å². The predicted octanol–water partition coefficient (Wildman–Crippen LogP) is 8.50. The Hall–Kier alpha value is -1.19. The van der Waals surface area contributed by atoms with E-state index in [0.29, 0.717) is 24.0 Å². The van der Waals surface area contributed by atoms with E-state index in [1.807, 2.05) is 54.4 Å². The summed E-state index contributed by atoms with van der Waals surface area (Å²) in [5.41, 5.74) is 2.57. The molecule has 0 spiro atoms. The second-order valence-corrected chi connectivity index (χ2v) is 10.8. The third kappa shape index (κ3) is 6.90. The zero-order valence-corrected chi connectivity index (χ0v) is 21.9. The van der Waals surface area contributed by atoms with Gasteiger partial charge in [0, 0.05) is 37.0 Å². The largest absolute Gasteiger partial charge is 0.356 e. The molecule has 0 atom stereocenters. The molecule has 0 bridgehead atoms. The maximum atomic E-state index is 13.2. The van der Waals surface area contributed by atoms with Gasteiger partial charge in [0.1, 0.15) is 0 Å². The molecule has 32 heavy (non-hydrogen) atoms. The Morgan fingerprint density at radius 2 is 1.59 bits per heavy atom. The van der Waals surface area contributed by atoms with E-state index in [4.69, 9.17) is 46.4 Å². The maximum absolute atomic E-state index is 13.2. The minimum Gasteiger partial charge on any atom is -0.356 e. The molecule has 0 saturated heterocycles. The van der Waals surface area contributed by atoms with E-state index in [2.05, 4.69) is 19.9 Å². The Kier molecular flexibility index (Phi) is 10.4. The van der Waals surface area contributed by atoms with Crippen LogP contribution < -0.4 is 5.43 Å². The van der Waals surface area contributed by atoms with Crippen LogP contribution in [0.3, 0.4) is 0 Å². The van der Waals surface area contributed by atoms with Crippen LogP contribution in [0.25, 0.3) is 11.1 Å². The standard InChI is InChI=1S/C26H31Cl4NO/c1-4-6-8-10-13-21-18-31(3)19-23(24(21)32)20-14-12-15-22(17-20)26(29,30)25(27,28)16-11-9-7-5-2/h8-12,14-15,17-19H,4-7,13,16H2,1-3H3. The van der Waals surface area contributed by atoms with Crippen molar-refractivity contribution >= 4 is 46.4 Å². The molecule has 0 radical (unpaired) electrons. The van der Waals surface area contributed by atoms with Crippen molar-refractivity contribution in [2.24, 2.45) is 7.05 Å². The highest BCUT2D eigenvalue weighted by molar-refractivity contribution is 6.62. The monoisotopic (exact) mass is 513 g/mol. The van der Waals surface area contributed by atoms with Gasteiger partial charge in [-0.3, -0.25) is 4.79 Å². The zero-order valence-electron chi connectivity index (χ0n) is 18.9. The second kappa shape index (κ2) is 12.3. The molecule has 0 N–H and O–H groups in total. The molecule has 1 heterocycles. The Bertz CT molecular complexity index is 1010. The Balaban J connectivity index is 2.40. The van der Waals surface area contributed by atoms with Crippen LogP contribution in [-0.4, -0.2) is 8.90 Å². The summed E-state index contributed by atoms with van der Waals surface area (Å²) in [7, 11) is 1.91. The fraction of sp³-hybridized carbons (Fsp3) is 0.423. The molecule has 0 aliphatic heterocycles. The highest BCUT2D eigenvalue weighted by Gasteiger charge is 2.47. The summed E-state index contributed by atoms with van der Waals surface area (Å²) >= 11 is 26.6. The van der Waals surface area contributed by atoms with Gasteiger partial charge in [0.2, 0.25) is 0 Å². The minimum atomic E-state index is -1.56. The number of aromatic nitrogens is 1. The van der Waals surface area contributed by atoms with Crippen molar-refractivity contribution in [1.82, 2.24) is 4.57 Å². The van der Waals surface area contributed by atoms with Crippen LogP contribution in [0.1, 0.15) is 57.1 Å². The maximum Gasteiger partial charge on any atom is 0.192 e. The van der Waals surface area contributed by atoms with Crippen LogP contribution in [0, 0.1) is 0 Å². The van der Waals surface area contributed by atoms with Gasteiger partial charge in [-0.2, -0.15) is 0 Å². The molecule has 2 aromatic rings. The van der Waals surface area contributed by atoms with Crippen molar-refractivity contribution in [3.8, 4) is 11.1 Å². The lowest BCUT2D eigenvalue weighted by Crippen LogP contribution is -2.33. The summed E-state index contributed by atoms with van der Waals surface area (Å²) < 4.78 is -1.10. The minimum absolute atomic E-state index is 0.0124. The number of nitrogens with zero attached hydrogens (tertiary/aromatic N) is 1. The van der Waals surface area contributed by atoms with Crippen LogP contribution in [0.5, 0.6) is 0 Å². The molecule has 1 aromatic carbocycles. The summed E-state index contributed by atoms with van der Waals surface area (Å²) in [6.07, 6.45) is 16.7. The van der Waals surface area contributed by atoms with E-state index < -0.39 is 8.67 Å². The van der Waals surface area contributed by atoms with Gasteiger partial charge >= 0.3 is 0 Å². The summed E-state index contributed by atoms with van der Waals surface area (Å²) in [6, 6.07) is 7.25. The van der Waals surface area contributed by atoms with Gasteiger partial charge in [0.05, 0.1) is 0 Å². The SMILES string of the molecule is CCCC=CCc1cn(C)cc(-c2cccc(C(Cl)(Cl)C(Cl)(Cl)CC=CCCC)c2)c1=O. The highest BCUT2D eigenvalue weighted by Crippen LogP contribution is 2.52. The van der Waals surface area contributed by atoms with Gasteiger partial charge in [-0.15, -0.1) is 0 Å². The molecular formula is C26H31Cl4NO. The molecule has 0 aliphatic carbocycles. The lowest BCUT2D eigenvalue weighted by molar-refractivity contribution is 0.692. The lowest BCUT2D eigenvalue weighted by atomic mass is 9.98. The number of hydrogen-bond acceptors (Lipinski definition) is 1. The summed E-state index contributed by atoms with van der Waals surface area (Å²) in [4.78, 5) is 13.2. The van der Waals surface area contributed by atoms with Crippen LogP contribution in [-0.2, 0) is 17.8 Å². The Morgan fingerprint density at radius 3 is 2.25 bits per heavy atom. The van der Waals surface area contributed by atoms with Crippen molar-refractivity contribution in [3.63, 3.8) is 0 Å². The molecular weight excluding hydrogens is 484 g/mol. The van der Waals surface area contributed by atoms with Gasteiger partial charge in [-0.1, -0.05) is 116 Å². The molecule has 0 amide bonds. The number of hydrogen-bond donors (Lipinski definition) is 0. The first-order chi connectivity index (χ1) is 15.1. The van der Waals surface area contributed by atoms with Crippen LogP contribution in [0.4, 0.5) is 0 Å². The number of pyridine rings is 1. The molecule has 2 nitrogen and oxygen atoms in total. The first kappa shape index (κ1) is 27.1. The first-order valence-corrected chi connectivity index (χ1v) is 12.5. The normalized spacial score (nSPS) is 12.8. The lowest BCUT2D eigenvalue weighted by Gasteiger charge is -2.32. The van der Waals surface area contributed by atoms with E-state index in [9.17, 15) is 4.79 Å². The molecule has 174 valence electrons. The molecule has 2 rings (SSSR count).